The van der Waals surface area contributed by atoms with Gasteiger partial charge in [0.15, 0.2) is 5.75 Å². The van der Waals surface area contributed by atoms with Crippen molar-refractivity contribution in [3.8, 4) is 5.75 Å². The van der Waals surface area contributed by atoms with Crippen LogP contribution in [-0.2, 0) is 21.5 Å². The van der Waals surface area contributed by atoms with E-state index in [1.165, 1.54) is 42.5 Å². The molecule has 0 atom stereocenters. The summed E-state index contributed by atoms with van der Waals surface area (Å²) in [4.78, 5) is 26.3. The highest BCUT2D eigenvalue weighted by Gasteiger charge is 2.36. The van der Waals surface area contributed by atoms with Crippen LogP contribution in [0.1, 0.15) is 16.7 Å². The highest BCUT2D eigenvalue weighted by atomic mass is 79.9. The second-order valence-corrected chi connectivity index (χ2v) is 11.3. The van der Waals surface area contributed by atoms with Gasteiger partial charge in [0.1, 0.15) is 10.7 Å². The molecular weight excluding hydrogens is 581 g/mol. The van der Waals surface area contributed by atoms with Gasteiger partial charge in [-0.2, -0.15) is 8.42 Å². The summed E-state index contributed by atoms with van der Waals surface area (Å²) in [7, 11) is -4.04. The Morgan fingerprint density at radius 2 is 1.83 bits per heavy atom. The van der Waals surface area contributed by atoms with Crippen LogP contribution in [0.15, 0.2) is 74.9 Å². The molecule has 6 nitrogen and oxygen atoms in total. The molecule has 0 spiro atoms. The van der Waals surface area contributed by atoms with Crippen LogP contribution < -0.4 is 4.18 Å². The third-order valence-corrected chi connectivity index (χ3v) is 8.14. The van der Waals surface area contributed by atoms with Gasteiger partial charge >= 0.3 is 10.1 Å². The quantitative estimate of drug-likeness (QED) is 0.237. The number of aryl methyl sites for hydroxylation is 1. The number of carbonyl (C=O) groups is 2. The molecule has 0 aliphatic carbocycles. The first kappa shape index (κ1) is 25.4. The predicted molar refractivity (Wildman–Crippen MR) is 136 cm³/mol. The number of hydrogen-bond acceptors (Lipinski definition) is 6. The molecule has 11 heteroatoms. The second kappa shape index (κ2) is 10.1. The Morgan fingerprint density at radius 1 is 1.11 bits per heavy atom. The van der Waals surface area contributed by atoms with E-state index in [0.717, 1.165) is 10.5 Å². The van der Waals surface area contributed by atoms with Crippen molar-refractivity contribution in [2.24, 2.45) is 0 Å². The fraction of sp³-hybridized carbons (Fsp3) is 0.0833. The van der Waals surface area contributed by atoms with Gasteiger partial charge in [-0.1, -0.05) is 41.4 Å². The molecule has 1 aliphatic heterocycles. The van der Waals surface area contributed by atoms with Gasteiger partial charge in [0.2, 0.25) is 0 Å². The van der Waals surface area contributed by atoms with Crippen LogP contribution in [0, 0.1) is 12.7 Å². The monoisotopic (exact) mass is 595 g/mol. The first-order valence-corrected chi connectivity index (χ1v) is 13.4. The molecule has 3 aromatic rings. The van der Waals surface area contributed by atoms with Crippen LogP contribution in [0.25, 0.3) is 6.08 Å². The van der Waals surface area contributed by atoms with E-state index in [-0.39, 0.29) is 32.7 Å². The smallest absolute Gasteiger partial charge is 0.339 e. The van der Waals surface area contributed by atoms with Gasteiger partial charge in [-0.25, -0.2) is 4.39 Å². The lowest BCUT2D eigenvalue weighted by molar-refractivity contribution is -0.123. The predicted octanol–water partition coefficient (Wildman–Crippen LogP) is 6.55. The Labute approximate surface area is 219 Å². The molecule has 2 amide bonds. The molecule has 0 radical (unpaired) electrons. The zero-order valence-electron chi connectivity index (χ0n) is 18.0. The van der Waals surface area contributed by atoms with E-state index in [1.54, 1.807) is 24.3 Å². The molecule has 1 aliphatic rings. The van der Waals surface area contributed by atoms with Crippen molar-refractivity contribution in [2.75, 3.05) is 0 Å². The minimum atomic E-state index is -4.04. The Hall–Kier alpha value is -2.66. The largest absolute Gasteiger partial charge is 0.378 e. The van der Waals surface area contributed by atoms with Crippen molar-refractivity contribution in [3.05, 3.63) is 97.6 Å². The Balaban J connectivity index is 1.53. The van der Waals surface area contributed by atoms with Crippen molar-refractivity contribution in [1.82, 2.24) is 4.90 Å². The molecule has 0 unspecified atom stereocenters. The van der Waals surface area contributed by atoms with Crippen molar-refractivity contribution >= 4 is 66.6 Å². The van der Waals surface area contributed by atoms with Gasteiger partial charge in [0.05, 0.1) is 15.9 Å². The molecule has 35 heavy (non-hydrogen) atoms. The van der Waals surface area contributed by atoms with Crippen molar-refractivity contribution in [3.63, 3.8) is 0 Å². The fourth-order valence-corrected chi connectivity index (χ4v) is 5.77. The lowest BCUT2D eigenvalue weighted by atomic mass is 10.2. The number of hydrogen-bond donors (Lipinski definition) is 0. The SMILES string of the molecule is Cc1ccc(S(=O)(=O)Oc2ccc(/C=C3\SC(=O)N(Cc4c(F)cccc4Cl)C3=O)cc2Br)cc1. The number of thioether (sulfide) groups is 1. The molecule has 1 fully saturated rings. The van der Waals surface area contributed by atoms with Crippen molar-refractivity contribution in [1.29, 1.82) is 0 Å². The average Bonchev–Trinajstić information content (AvgIpc) is 3.05. The first-order chi connectivity index (χ1) is 16.5. The minimum absolute atomic E-state index is 0.0164. The summed E-state index contributed by atoms with van der Waals surface area (Å²) < 4.78 is 44.8. The topological polar surface area (TPSA) is 80.8 Å². The van der Waals surface area contributed by atoms with E-state index in [1.807, 2.05) is 6.92 Å². The molecule has 0 aromatic heterocycles. The Morgan fingerprint density at radius 3 is 2.49 bits per heavy atom. The van der Waals surface area contributed by atoms with Crippen LogP contribution in [0.2, 0.25) is 5.02 Å². The van der Waals surface area contributed by atoms with Crippen LogP contribution in [-0.4, -0.2) is 24.5 Å². The third-order valence-electron chi connectivity index (χ3n) is 5.01. The summed E-state index contributed by atoms with van der Waals surface area (Å²) in [6.07, 6.45) is 1.48. The van der Waals surface area contributed by atoms with Crippen LogP contribution in [0.5, 0.6) is 5.75 Å². The number of nitrogens with zero attached hydrogens (tertiary/aromatic N) is 1. The van der Waals surface area contributed by atoms with E-state index in [9.17, 15) is 22.4 Å². The summed E-state index contributed by atoms with van der Waals surface area (Å²) in [5.74, 6) is -1.14. The van der Waals surface area contributed by atoms with Gasteiger partial charge in [-0.15, -0.1) is 0 Å². The van der Waals surface area contributed by atoms with E-state index in [2.05, 4.69) is 15.9 Å². The zero-order chi connectivity index (χ0) is 25.3. The highest BCUT2D eigenvalue weighted by molar-refractivity contribution is 9.10. The van der Waals surface area contributed by atoms with E-state index in [0.29, 0.717) is 21.8 Å². The van der Waals surface area contributed by atoms with Crippen LogP contribution in [0.3, 0.4) is 0 Å². The second-order valence-electron chi connectivity index (χ2n) is 7.51. The molecular formula is C24H16BrClFNO5S2. The fourth-order valence-electron chi connectivity index (χ4n) is 3.17. The Bertz CT molecular complexity index is 1460. The van der Waals surface area contributed by atoms with E-state index in [4.69, 9.17) is 15.8 Å². The third kappa shape index (κ3) is 5.61. The standard InChI is InChI=1S/C24H16BrClFNO5S2/c1-14-5-8-16(9-6-14)35(31,32)33-21-10-7-15(11-18(21)25)12-22-23(29)28(24(30)34-22)13-17-19(26)3-2-4-20(17)27/h2-12H,13H2,1H3/b22-12-. The molecule has 1 heterocycles. The van der Waals surface area contributed by atoms with Crippen LogP contribution in [0.4, 0.5) is 9.18 Å². The van der Waals surface area contributed by atoms with Gasteiger partial charge in [-0.05, 0) is 82.7 Å². The summed E-state index contributed by atoms with van der Waals surface area (Å²) in [5.41, 5.74) is 1.49. The minimum Gasteiger partial charge on any atom is -0.378 e. The number of imide groups is 1. The first-order valence-electron chi connectivity index (χ1n) is 10.0. The lowest BCUT2D eigenvalue weighted by Gasteiger charge is -2.14. The Kier molecular flexibility index (Phi) is 7.37. The van der Waals surface area contributed by atoms with Crippen molar-refractivity contribution < 1.29 is 26.6 Å². The molecule has 4 rings (SSSR count). The molecule has 180 valence electrons. The zero-order valence-corrected chi connectivity index (χ0v) is 22.0. The van der Waals surface area contributed by atoms with Crippen molar-refractivity contribution in [2.45, 2.75) is 18.4 Å². The lowest BCUT2D eigenvalue weighted by Crippen LogP contribution is -2.28. The molecule has 0 saturated carbocycles. The average molecular weight is 597 g/mol. The van der Waals surface area contributed by atoms with Gasteiger partial charge in [-0.3, -0.25) is 14.5 Å². The van der Waals surface area contributed by atoms with Gasteiger partial charge < -0.3 is 4.18 Å². The maximum Gasteiger partial charge on any atom is 0.339 e. The normalized spacial score (nSPS) is 15.2. The number of benzene rings is 3. The summed E-state index contributed by atoms with van der Waals surface area (Å²) in [5, 5.41) is -0.433. The number of amides is 2. The summed E-state index contributed by atoms with van der Waals surface area (Å²) >= 11 is 10.0. The highest BCUT2D eigenvalue weighted by Crippen LogP contribution is 2.36. The number of rotatable bonds is 6. The summed E-state index contributed by atoms with van der Waals surface area (Å²) in [6, 6.07) is 14.9. The molecule has 1 saturated heterocycles. The molecule has 0 N–H and O–H groups in total. The summed E-state index contributed by atoms with van der Waals surface area (Å²) in [6.45, 7) is 1.55. The maximum absolute atomic E-state index is 14.1. The molecule has 0 bridgehead atoms. The number of halogens is 3. The number of carbonyl (C=O) groups excluding carboxylic acids is 2. The van der Waals surface area contributed by atoms with E-state index < -0.39 is 27.1 Å². The van der Waals surface area contributed by atoms with Gasteiger partial charge in [0, 0.05) is 10.6 Å². The maximum atomic E-state index is 14.1. The van der Waals surface area contributed by atoms with Gasteiger partial charge in [0.25, 0.3) is 11.1 Å². The van der Waals surface area contributed by atoms with E-state index >= 15 is 0 Å². The molecule has 3 aromatic carbocycles. The van der Waals surface area contributed by atoms with Crippen LogP contribution >= 0.6 is 39.3 Å².